The van der Waals surface area contributed by atoms with E-state index in [-0.39, 0.29) is 13.0 Å². The quantitative estimate of drug-likeness (QED) is 0.425. The molecule has 0 aromatic carbocycles. The average molecular weight is 142 g/mol. The Morgan fingerprint density at radius 3 is 2.20 bits per heavy atom. The molecule has 0 fully saturated rings. The zero-order valence-electron chi connectivity index (χ0n) is 6.40. The SMILES string of the molecule is C.C#CCCOC(C)(C)C. The van der Waals surface area contributed by atoms with E-state index in [0.717, 1.165) is 0 Å². The number of ether oxygens (including phenoxy) is 1. The van der Waals surface area contributed by atoms with E-state index in [1.807, 2.05) is 20.8 Å². The summed E-state index contributed by atoms with van der Waals surface area (Å²) in [5.41, 5.74) is -0.0448. The molecule has 0 saturated heterocycles. The molecule has 0 saturated carbocycles. The van der Waals surface area contributed by atoms with Crippen LogP contribution in [0.15, 0.2) is 0 Å². The van der Waals surface area contributed by atoms with Gasteiger partial charge in [0.1, 0.15) is 0 Å². The largest absolute Gasteiger partial charge is 0.375 e. The molecule has 1 heteroatoms. The van der Waals surface area contributed by atoms with E-state index in [4.69, 9.17) is 11.2 Å². The Bertz CT molecular complexity index is 103. The standard InChI is InChI=1S/C8H14O.CH4/c1-5-6-7-9-8(2,3)4;/h1H,6-7H2,2-4H3;1H4. The maximum atomic E-state index is 5.33. The molecule has 0 N–H and O–H groups in total. The molecule has 0 aliphatic rings. The Morgan fingerprint density at radius 1 is 1.40 bits per heavy atom. The summed E-state index contributed by atoms with van der Waals surface area (Å²) in [4.78, 5) is 0. The van der Waals surface area contributed by atoms with Crippen LogP contribution in [0.4, 0.5) is 0 Å². The van der Waals surface area contributed by atoms with Crippen LogP contribution >= 0.6 is 0 Å². The third-order valence-corrected chi connectivity index (χ3v) is 0.781. The van der Waals surface area contributed by atoms with Crippen LogP contribution in [0.25, 0.3) is 0 Å². The van der Waals surface area contributed by atoms with Crippen LogP contribution in [-0.4, -0.2) is 12.2 Å². The molecule has 1 nitrogen and oxygen atoms in total. The van der Waals surface area contributed by atoms with Gasteiger partial charge in [-0.3, -0.25) is 0 Å². The molecule has 0 rings (SSSR count). The molecule has 0 heterocycles. The molecule has 10 heavy (non-hydrogen) atoms. The lowest BCUT2D eigenvalue weighted by Gasteiger charge is -2.18. The van der Waals surface area contributed by atoms with Crippen LogP contribution in [0.1, 0.15) is 34.6 Å². The highest BCUT2D eigenvalue weighted by molar-refractivity contribution is 4.83. The van der Waals surface area contributed by atoms with Gasteiger partial charge in [-0.1, -0.05) is 7.43 Å². The molecule has 0 aliphatic carbocycles. The van der Waals surface area contributed by atoms with Crippen molar-refractivity contribution < 1.29 is 4.74 Å². The van der Waals surface area contributed by atoms with Gasteiger partial charge in [0.2, 0.25) is 0 Å². The molecule has 0 aromatic rings. The molecular weight excluding hydrogens is 124 g/mol. The lowest BCUT2D eigenvalue weighted by Crippen LogP contribution is -2.19. The average Bonchev–Trinajstić information content (AvgIpc) is 1.63. The molecule has 0 aliphatic heterocycles. The molecule has 0 bridgehead atoms. The van der Waals surface area contributed by atoms with Crippen molar-refractivity contribution in [3.05, 3.63) is 0 Å². The van der Waals surface area contributed by atoms with E-state index < -0.39 is 0 Å². The summed E-state index contributed by atoms with van der Waals surface area (Å²) >= 11 is 0. The van der Waals surface area contributed by atoms with Gasteiger partial charge in [-0.2, -0.15) is 0 Å². The summed E-state index contributed by atoms with van der Waals surface area (Å²) < 4.78 is 5.33. The van der Waals surface area contributed by atoms with Crippen molar-refractivity contribution in [2.24, 2.45) is 0 Å². The molecule has 0 atom stereocenters. The van der Waals surface area contributed by atoms with Gasteiger partial charge < -0.3 is 4.74 Å². The third kappa shape index (κ3) is 10.5. The number of hydrogen-bond donors (Lipinski definition) is 0. The summed E-state index contributed by atoms with van der Waals surface area (Å²) in [6.45, 7) is 6.72. The van der Waals surface area contributed by atoms with E-state index in [1.165, 1.54) is 0 Å². The Hall–Kier alpha value is -0.480. The highest BCUT2D eigenvalue weighted by Gasteiger charge is 2.07. The first-order chi connectivity index (χ1) is 4.06. The summed E-state index contributed by atoms with van der Waals surface area (Å²) in [6.07, 6.45) is 5.73. The van der Waals surface area contributed by atoms with Crippen LogP contribution in [0.2, 0.25) is 0 Å². The Kier molecular flexibility index (Phi) is 6.50. The van der Waals surface area contributed by atoms with Crippen molar-refractivity contribution in [3.8, 4) is 12.3 Å². The van der Waals surface area contributed by atoms with Crippen LogP contribution in [0.5, 0.6) is 0 Å². The normalized spacial score (nSPS) is 9.80. The first kappa shape index (κ1) is 12.2. The van der Waals surface area contributed by atoms with Gasteiger partial charge in [0.15, 0.2) is 0 Å². The fraction of sp³-hybridized carbons (Fsp3) is 0.778. The predicted octanol–water partition coefficient (Wildman–Crippen LogP) is 2.46. The Balaban J connectivity index is 0. The molecule has 0 amide bonds. The summed E-state index contributed by atoms with van der Waals surface area (Å²) in [7, 11) is 0. The summed E-state index contributed by atoms with van der Waals surface area (Å²) in [5, 5.41) is 0. The molecular formula is C9H18O. The number of terminal acetylenes is 1. The van der Waals surface area contributed by atoms with Crippen LogP contribution < -0.4 is 0 Å². The third-order valence-electron chi connectivity index (χ3n) is 0.781. The molecule has 0 spiro atoms. The van der Waals surface area contributed by atoms with E-state index in [2.05, 4.69) is 5.92 Å². The van der Waals surface area contributed by atoms with E-state index in [0.29, 0.717) is 13.0 Å². The van der Waals surface area contributed by atoms with Crippen molar-refractivity contribution in [3.63, 3.8) is 0 Å². The topological polar surface area (TPSA) is 9.23 Å². The van der Waals surface area contributed by atoms with Crippen molar-refractivity contribution in [2.75, 3.05) is 6.61 Å². The minimum atomic E-state index is -0.0448. The van der Waals surface area contributed by atoms with Crippen LogP contribution in [0, 0.1) is 12.3 Å². The smallest absolute Gasteiger partial charge is 0.0598 e. The molecule has 0 unspecified atom stereocenters. The van der Waals surface area contributed by atoms with Crippen LogP contribution in [-0.2, 0) is 4.74 Å². The highest BCUT2D eigenvalue weighted by Crippen LogP contribution is 2.05. The lowest BCUT2D eigenvalue weighted by molar-refractivity contribution is 0.000612. The van der Waals surface area contributed by atoms with Crippen molar-refractivity contribution in [1.29, 1.82) is 0 Å². The minimum Gasteiger partial charge on any atom is -0.375 e. The van der Waals surface area contributed by atoms with Gasteiger partial charge in [-0.25, -0.2) is 0 Å². The first-order valence-electron chi connectivity index (χ1n) is 3.14. The van der Waals surface area contributed by atoms with E-state index in [9.17, 15) is 0 Å². The van der Waals surface area contributed by atoms with Crippen molar-refractivity contribution in [1.82, 2.24) is 0 Å². The molecule has 0 aromatic heterocycles. The van der Waals surface area contributed by atoms with Crippen LogP contribution in [0.3, 0.4) is 0 Å². The summed E-state index contributed by atoms with van der Waals surface area (Å²) in [5.74, 6) is 2.52. The maximum absolute atomic E-state index is 5.33. The zero-order valence-corrected chi connectivity index (χ0v) is 6.40. The number of rotatable bonds is 2. The monoisotopic (exact) mass is 142 g/mol. The fourth-order valence-corrected chi connectivity index (χ4v) is 0.416. The van der Waals surface area contributed by atoms with Gasteiger partial charge in [0, 0.05) is 6.42 Å². The van der Waals surface area contributed by atoms with Crippen molar-refractivity contribution >= 4 is 0 Å². The molecule has 60 valence electrons. The molecule has 0 radical (unpaired) electrons. The predicted molar refractivity (Wildman–Crippen MR) is 45.9 cm³/mol. The first-order valence-corrected chi connectivity index (χ1v) is 3.14. The van der Waals surface area contributed by atoms with Gasteiger partial charge in [0.25, 0.3) is 0 Å². The van der Waals surface area contributed by atoms with Gasteiger partial charge in [0.05, 0.1) is 12.2 Å². The Morgan fingerprint density at radius 2 is 1.90 bits per heavy atom. The number of hydrogen-bond acceptors (Lipinski definition) is 1. The fourth-order valence-electron chi connectivity index (χ4n) is 0.416. The highest BCUT2D eigenvalue weighted by atomic mass is 16.5. The van der Waals surface area contributed by atoms with Gasteiger partial charge in [-0.15, -0.1) is 12.3 Å². The maximum Gasteiger partial charge on any atom is 0.0598 e. The second-order valence-corrected chi connectivity index (χ2v) is 2.91. The lowest BCUT2D eigenvalue weighted by atomic mass is 10.2. The zero-order chi connectivity index (χ0) is 7.33. The van der Waals surface area contributed by atoms with Crippen molar-refractivity contribution in [2.45, 2.75) is 40.2 Å². The minimum absolute atomic E-state index is 0. The van der Waals surface area contributed by atoms with E-state index in [1.54, 1.807) is 0 Å². The van der Waals surface area contributed by atoms with E-state index >= 15 is 0 Å². The summed E-state index contributed by atoms with van der Waals surface area (Å²) in [6, 6.07) is 0. The van der Waals surface area contributed by atoms with Gasteiger partial charge in [-0.05, 0) is 20.8 Å². The second kappa shape index (κ2) is 5.32. The van der Waals surface area contributed by atoms with Gasteiger partial charge >= 0.3 is 0 Å². The Labute approximate surface area is 64.8 Å². The second-order valence-electron chi connectivity index (χ2n) is 2.91.